The van der Waals surface area contributed by atoms with Crippen LogP contribution in [0, 0.1) is 5.82 Å². The Morgan fingerprint density at radius 3 is 2.97 bits per heavy atom. The Labute approximate surface area is 180 Å². The lowest BCUT2D eigenvalue weighted by Gasteiger charge is -2.42. The molecule has 1 aliphatic heterocycles. The molecule has 4 heterocycles. The fourth-order valence-corrected chi connectivity index (χ4v) is 3.93. The molecule has 0 aromatic carbocycles. The molecule has 3 aromatic heterocycles. The Bertz CT molecular complexity index is 1080. The third-order valence-electron chi connectivity index (χ3n) is 5.69. The van der Waals surface area contributed by atoms with Crippen LogP contribution in [-0.4, -0.2) is 61.5 Å². The highest BCUT2D eigenvalue weighted by atomic mass is 19.1. The van der Waals surface area contributed by atoms with Gasteiger partial charge >= 0.3 is 5.97 Å². The maximum absolute atomic E-state index is 13.7. The predicted molar refractivity (Wildman–Crippen MR) is 115 cm³/mol. The highest BCUT2D eigenvalue weighted by Crippen LogP contribution is 2.25. The summed E-state index contributed by atoms with van der Waals surface area (Å²) in [6, 6.07) is 4.92. The normalized spacial score (nSPS) is 17.6. The van der Waals surface area contributed by atoms with Crippen LogP contribution in [0.3, 0.4) is 0 Å². The van der Waals surface area contributed by atoms with E-state index in [0.717, 1.165) is 19.4 Å². The monoisotopic (exact) mass is 426 g/mol. The number of carbonyl (C=O) groups excluding carboxylic acids is 1. The van der Waals surface area contributed by atoms with Gasteiger partial charge in [0.1, 0.15) is 28.5 Å². The molecule has 1 atom stereocenters. The molecular weight excluding hydrogens is 399 g/mol. The molecule has 8 nitrogen and oxygen atoms in total. The number of likely N-dealkylation sites (tertiary alicyclic amines) is 1. The lowest BCUT2D eigenvalue weighted by Crippen LogP contribution is -2.56. The minimum absolute atomic E-state index is 0.129. The number of carbonyl (C=O) groups is 1. The number of nitrogens with zero attached hydrogens (tertiary/aromatic N) is 5. The Morgan fingerprint density at radius 2 is 2.16 bits per heavy atom. The van der Waals surface area contributed by atoms with Gasteiger partial charge in [0.05, 0.1) is 12.8 Å². The summed E-state index contributed by atoms with van der Waals surface area (Å²) in [5, 5.41) is 3.47. The molecule has 0 spiro atoms. The van der Waals surface area contributed by atoms with Crippen molar-refractivity contribution in [3.8, 4) is 11.5 Å². The van der Waals surface area contributed by atoms with Crippen molar-refractivity contribution in [3.63, 3.8) is 0 Å². The van der Waals surface area contributed by atoms with Crippen LogP contribution < -0.4 is 5.32 Å². The summed E-state index contributed by atoms with van der Waals surface area (Å²) in [5.74, 6) is 0.576. The molecule has 4 rings (SSSR count). The topological polar surface area (TPSA) is 84.6 Å². The van der Waals surface area contributed by atoms with Gasteiger partial charge in [-0.1, -0.05) is 0 Å². The number of anilines is 1. The molecule has 1 saturated heterocycles. The van der Waals surface area contributed by atoms with Crippen LogP contribution in [0.1, 0.15) is 33.6 Å². The van der Waals surface area contributed by atoms with Gasteiger partial charge in [-0.2, -0.15) is 0 Å². The molecule has 1 unspecified atom stereocenters. The fourth-order valence-electron chi connectivity index (χ4n) is 3.93. The second-order valence-corrected chi connectivity index (χ2v) is 8.19. The average Bonchev–Trinajstić information content (AvgIpc) is 3.17. The summed E-state index contributed by atoms with van der Waals surface area (Å²) in [5.41, 5.74) is 0.558. The first-order chi connectivity index (χ1) is 14.9. The predicted octanol–water partition coefficient (Wildman–Crippen LogP) is 3.15. The Kier molecular flexibility index (Phi) is 5.86. The highest BCUT2D eigenvalue weighted by Gasteiger charge is 2.38. The summed E-state index contributed by atoms with van der Waals surface area (Å²) >= 11 is 0. The zero-order chi connectivity index (χ0) is 22.0. The van der Waals surface area contributed by atoms with E-state index in [1.54, 1.807) is 22.9 Å². The van der Waals surface area contributed by atoms with E-state index in [4.69, 9.17) is 4.74 Å². The van der Waals surface area contributed by atoms with Gasteiger partial charge < -0.3 is 10.1 Å². The van der Waals surface area contributed by atoms with E-state index in [1.807, 2.05) is 26.8 Å². The lowest BCUT2D eigenvalue weighted by atomic mass is 9.96. The van der Waals surface area contributed by atoms with Crippen molar-refractivity contribution >= 4 is 17.4 Å². The van der Waals surface area contributed by atoms with Crippen molar-refractivity contribution in [2.75, 3.05) is 25.0 Å². The van der Waals surface area contributed by atoms with Gasteiger partial charge in [-0.25, -0.2) is 19.3 Å². The smallest absolute Gasteiger partial charge is 0.325 e. The number of rotatable bonds is 6. The van der Waals surface area contributed by atoms with Crippen molar-refractivity contribution in [3.05, 3.63) is 42.6 Å². The van der Waals surface area contributed by atoms with Crippen LogP contribution in [0.15, 0.2) is 36.8 Å². The lowest BCUT2D eigenvalue weighted by molar-refractivity contribution is -0.156. The molecule has 164 valence electrons. The second kappa shape index (κ2) is 8.58. The second-order valence-electron chi connectivity index (χ2n) is 8.19. The number of esters is 1. The number of fused-ring (bicyclic) bond motifs is 1. The van der Waals surface area contributed by atoms with E-state index >= 15 is 0 Å². The van der Waals surface area contributed by atoms with Crippen LogP contribution in [0.5, 0.6) is 0 Å². The number of halogens is 1. The van der Waals surface area contributed by atoms with Gasteiger partial charge in [0.25, 0.3) is 0 Å². The SMILES string of the molecule is CCOC(=O)C(C)(C)N1CCCC(Nc2ccnc(-c3cnc4ccc(F)cn34)n2)C1. The number of piperidine rings is 1. The molecule has 0 bridgehead atoms. The zero-order valence-electron chi connectivity index (χ0n) is 18.0. The van der Waals surface area contributed by atoms with Crippen molar-refractivity contribution < 1.29 is 13.9 Å². The number of hydrogen-bond acceptors (Lipinski definition) is 7. The number of hydrogen-bond donors (Lipinski definition) is 1. The molecule has 1 aliphatic rings. The van der Waals surface area contributed by atoms with Crippen LogP contribution in [0.25, 0.3) is 17.2 Å². The van der Waals surface area contributed by atoms with Crippen LogP contribution in [0.4, 0.5) is 10.2 Å². The number of imidazole rings is 1. The van der Waals surface area contributed by atoms with E-state index in [9.17, 15) is 9.18 Å². The number of nitrogens with one attached hydrogen (secondary N) is 1. The van der Waals surface area contributed by atoms with Crippen molar-refractivity contribution in [1.82, 2.24) is 24.3 Å². The summed E-state index contributed by atoms with van der Waals surface area (Å²) < 4.78 is 20.6. The summed E-state index contributed by atoms with van der Waals surface area (Å²) in [6.07, 6.45) is 6.61. The maximum atomic E-state index is 13.7. The van der Waals surface area contributed by atoms with Crippen molar-refractivity contribution in [2.45, 2.75) is 45.2 Å². The first kappa shape index (κ1) is 21.2. The number of ether oxygens (including phenoxy) is 1. The standard InChI is InChI=1S/C22H27FN6O2/c1-4-31-21(30)22(2,3)28-11-5-6-16(14-28)26-18-9-10-24-20(27-18)17-12-25-19-8-7-15(23)13-29(17)19/h7-10,12-13,16H,4-6,11,14H2,1-3H3,(H,24,26,27). The summed E-state index contributed by atoms with van der Waals surface area (Å²) in [7, 11) is 0. The average molecular weight is 426 g/mol. The van der Waals surface area contributed by atoms with E-state index in [-0.39, 0.29) is 17.8 Å². The molecule has 1 fully saturated rings. The van der Waals surface area contributed by atoms with Crippen LogP contribution in [0.2, 0.25) is 0 Å². The van der Waals surface area contributed by atoms with Gasteiger partial charge in [-0.3, -0.25) is 14.1 Å². The van der Waals surface area contributed by atoms with Crippen LogP contribution in [-0.2, 0) is 9.53 Å². The first-order valence-electron chi connectivity index (χ1n) is 10.5. The molecule has 1 N–H and O–H groups in total. The van der Waals surface area contributed by atoms with Crippen LogP contribution >= 0.6 is 0 Å². The van der Waals surface area contributed by atoms with Crippen molar-refractivity contribution in [2.24, 2.45) is 0 Å². The highest BCUT2D eigenvalue weighted by molar-refractivity contribution is 5.79. The molecule has 3 aromatic rings. The fraction of sp³-hybridized carbons (Fsp3) is 0.455. The van der Waals surface area contributed by atoms with E-state index in [2.05, 4.69) is 25.2 Å². The molecule has 0 amide bonds. The Hall–Kier alpha value is -3.07. The summed E-state index contributed by atoms with van der Waals surface area (Å²) in [4.78, 5) is 27.8. The largest absolute Gasteiger partial charge is 0.465 e. The minimum Gasteiger partial charge on any atom is -0.465 e. The van der Waals surface area contributed by atoms with E-state index in [1.165, 1.54) is 12.3 Å². The van der Waals surface area contributed by atoms with E-state index in [0.29, 0.717) is 36.1 Å². The minimum atomic E-state index is -0.687. The third-order valence-corrected chi connectivity index (χ3v) is 5.69. The molecule has 0 radical (unpaired) electrons. The number of aromatic nitrogens is 4. The van der Waals surface area contributed by atoms with E-state index < -0.39 is 5.54 Å². The molecule has 0 aliphatic carbocycles. The van der Waals surface area contributed by atoms with Gasteiger partial charge in [-0.15, -0.1) is 0 Å². The number of pyridine rings is 1. The first-order valence-corrected chi connectivity index (χ1v) is 10.5. The third kappa shape index (κ3) is 4.36. The van der Waals surface area contributed by atoms with Gasteiger partial charge in [0, 0.05) is 25.0 Å². The van der Waals surface area contributed by atoms with Gasteiger partial charge in [0.2, 0.25) is 0 Å². The Balaban J connectivity index is 1.51. The molecular formula is C22H27FN6O2. The van der Waals surface area contributed by atoms with Gasteiger partial charge in [0.15, 0.2) is 5.82 Å². The van der Waals surface area contributed by atoms with Gasteiger partial charge in [-0.05, 0) is 58.4 Å². The quantitative estimate of drug-likeness (QED) is 0.606. The molecule has 31 heavy (non-hydrogen) atoms. The Morgan fingerprint density at radius 1 is 1.32 bits per heavy atom. The van der Waals surface area contributed by atoms with Crippen molar-refractivity contribution in [1.29, 1.82) is 0 Å². The summed E-state index contributed by atoms with van der Waals surface area (Å²) in [6.45, 7) is 7.53. The zero-order valence-corrected chi connectivity index (χ0v) is 18.0. The molecule has 9 heteroatoms. The molecule has 0 saturated carbocycles. The maximum Gasteiger partial charge on any atom is 0.325 e.